The van der Waals surface area contributed by atoms with E-state index >= 15 is 0 Å². The van der Waals surface area contributed by atoms with E-state index < -0.39 is 34.7 Å². The van der Waals surface area contributed by atoms with Gasteiger partial charge in [0.25, 0.3) is 5.91 Å². The number of nitrogens with zero attached hydrogens (tertiary/aromatic N) is 3. The minimum Gasteiger partial charge on any atom is -0.476 e. The van der Waals surface area contributed by atoms with Crippen molar-refractivity contribution in [2.24, 2.45) is 11.8 Å². The summed E-state index contributed by atoms with van der Waals surface area (Å²) in [5.41, 5.74) is -0.926. The zero-order valence-electron chi connectivity index (χ0n) is 29.8. The van der Waals surface area contributed by atoms with Gasteiger partial charge in [0, 0.05) is 52.2 Å². The second kappa shape index (κ2) is 14.2. The van der Waals surface area contributed by atoms with Gasteiger partial charge in [0.2, 0.25) is 11.8 Å². The molecule has 4 amide bonds. The molecule has 2 atom stereocenters. The molecule has 2 aliphatic heterocycles. The van der Waals surface area contributed by atoms with Crippen LogP contribution in [-0.4, -0.2) is 98.6 Å². The summed E-state index contributed by atoms with van der Waals surface area (Å²) in [5.74, 6) is -1.12. The first-order valence-electron chi connectivity index (χ1n) is 17.4. The van der Waals surface area contributed by atoms with E-state index in [-0.39, 0.29) is 36.9 Å². The molecule has 2 aliphatic carbocycles. The smallest absolute Gasteiger partial charge is 0.410 e. The molecule has 0 spiro atoms. The van der Waals surface area contributed by atoms with Crippen LogP contribution in [0.25, 0.3) is 0 Å². The Hall–Kier alpha value is -3.38. The number of benzene rings is 1. The van der Waals surface area contributed by atoms with Crippen molar-refractivity contribution >= 4 is 35.2 Å². The molecule has 0 bridgehead atoms. The fraction of sp³-hybridized carbons (Fsp3) is 0.722. The van der Waals surface area contributed by atoms with Crippen molar-refractivity contribution in [1.29, 1.82) is 0 Å². The molecule has 1 aromatic rings. The Bertz CT molecular complexity index is 1360. The van der Waals surface area contributed by atoms with E-state index in [2.05, 4.69) is 5.32 Å². The van der Waals surface area contributed by atoms with Gasteiger partial charge in [0.05, 0.1) is 29.7 Å². The van der Waals surface area contributed by atoms with Gasteiger partial charge < -0.3 is 39.0 Å². The molecule has 266 valence electrons. The van der Waals surface area contributed by atoms with Crippen LogP contribution in [0, 0.1) is 11.8 Å². The molecule has 5 rings (SSSR count). The van der Waals surface area contributed by atoms with E-state index in [0.29, 0.717) is 49.7 Å². The lowest BCUT2D eigenvalue weighted by Gasteiger charge is -2.41. The number of ether oxygens (including phenoxy) is 4. The normalized spacial score (nSPS) is 23.3. The fourth-order valence-electron chi connectivity index (χ4n) is 7.28. The van der Waals surface area contributed by atoms with E-state index in [0.717, 1.165) is 38.5 Å². The molecule has 1 N–H and O–H groups in total. The van der Waals surface area contributed by atoms with Gasteiger partial charge in [-0.25, -0.2) is 4.79 Å². The average Bonchev–Trinajstić information content (AvgIpc) is 3.75. The van der Waals surface area contributed by atoms with Crippen LogP contribution in [0.1, 0.15) is 86.0 Å². The highest BCUT2D eigenvalue weighted by Gasteiger charge is 2.46. The highest BCUT2D eigenvalue weighted by atomic mass is 16.6. The van der Waals surface area contributed by atoms with Crippen LogP contribution in [0.2, 0.25) is 0 Å². The van der Waals surface area contributed by atoms with Crippen molar-refractivity contribution in [3.63, 3.8) is 0 Å². The van der Waals surface area contributed by atoms with Crippen molar-refractivity contribution in [2.75, 3.05) is 56.9 Å². The Morgan fingerprint density at radius 2 is 1.73 bits per heavy atom. The number of methoxy groups -OCH3 is 2. The van der Waals surface area contributed by atoms with Crippen molar-refractivity contribution in [3.8, 4) is 5.75 Å². The Morgan fingerprint density at radius 1 is 1.04 bits per heavy atom. The van der Waals surface area contributed by atoms with Crippen molar-refractivity contribution in [1.82, 2.24) is 10.2 Å². The summed E-state index contributed by atoms with van der Waals surface area (Å²) in [6.45, 7) is 10.6. The molecule has 2 saturated carbocycles. The molecular formula is C36H54N4O8. The predicted octanol–water partition coefficient (Wildman–Crippen LogP) is 4.67. The second-order valence-electron chi connectivity index (χ2n) is 15.4. The molecular weight excluding hydrogens is 616 g/mol. The molecule has 48 heavy (non-hydrogen) atoms. The molecule has 0 unspecified atom stereocenters. The Labute approximate surface area is 284 Å². The number of nitrogens with one attached hydrogen (secondary N) is 1. The topological polar surface area (TPSA) is 127 Å². The number of piperidine rings is 1. The zero-order valence-corrected chi connectivity index (χ0v) is 29.8. The Morgan fingerprint density at radius 3 is 2.35 bits per heavy atom. The number of likely N-dealkylation sites (tertiary alicyclic amines) is 1. The maximum atomic E-state index is 14.6. The van der Waals surface area contributed by atoms with E-state index in [1.165, 1.54) is 4.90 Å². The zero-order chi connectivity index (χ0) is 34.9. The number of hydrogen-bond acceptors (Lipinski definition) is 8. The average molecular weight is 671 g/mol. The standard InChI is InChI=1S/C36H54N4O8/c1-34(2,3)48-33(44)38-21-24(30(41)37-36(23-46-7)15-8-9-16-36)19-25(22-38)31(42)40(26-11-12-26)27-13-14-29-28(20-27)39(17-10-18-45-6)32(43)35(4,5)47-29/h13-14,20,24-26H,8-12,15-19,21-23H2,1-7H3,(H,37,41)/t24-,25+/m0/s1. The molecule has 3 fully saturated rings. The quantitative estimate of drug-likeness (QED) is 0.337. The number of rotatable bonds is 11. The minimum atomic E-state index is -1.03. The summed E-state index contributed by atoms with van der Waals surface area (Å²) in [5, 5.41) is 3.27. The summed E-state index contributed by atoms with van der Waals surface area (Å²) in [7, 11) is 3.27. The van der Waals surface area contributed by atoms with E-state index in [1.807, 2.05) is 18.2 Å². The first-order valence-corrected chi connectivity index (χ1v) is 17.4. The monoisotopic (exact) mass is 670 g/mol. The third-order valence-corrected chi connectivity index (χ3v) is 9.71. The van der Waals surface area contributed by atoms with Crippen LogP contribution in [-0.2, 0) is 28.6 Å². The molecule has 1 aromatic carbocycles. The number of fused-ring (bicyclic) bond motifs is 1. The second-order valence-corrected chi connectivity index (χ2v) is 15.4. The largest absolute Gasteiger partial charge is 0.476 e. The third kappa shape index (κ3) is 8.07. The number of amides is 4. The maximum Gasteiger partial charge on any atom is 0.410 e. The fourth-order valence-corrected chi connectivity index (χ4v) is 7.28. The lowest BCUT2D eigenvalue weighted by Crippen LogP contribution is -2.57. The van der Waals surface area contributed by atoms with E-state index in [4.69, 9.17) is 18.9 Å². The Balaban J connectivity index is 1.43. The summed E-state index contributed by atoms with van der Waals surface area (Å²) in [4.78, 5) is 60.4. The summed E-state index contributed by atoms with van der Waals surface area (Å²) < 4.78 is 22.6. The summed E-state index contributed by atoms with van der Waals surface area (Å²) >= 11 is 0. The van der Waals surface area contributed by atoms with Crippen LogP contribution in [0.5, 0.6) is 5.75 Å². The lowest BCUT2D eigenvalue weighted by molar-refractivity contribution is -0.133. The number of anilines is 2. The van der Waals surface area contributed by atoms with Crippen molar-refractivity contribution in [2.45, 2.75) is 109 Å². The van der Waals surface area contributed by atoms with Crippen LogP contribution in [0.4, 0.5) is 16.2 Å². The van der Waals surface area contributed by atoms with E-state index in [9.17, 15) is 19.2 Å². The number of carbonyl (C=O) groups excluding carboxylic acids is 4. The first kappa shape index (κ1) is 35.9. The van der Waals surface area contributed by atoms with Crippen molar-refractivity contribution < 1.29 is 38.1 Å². The van der Waals surface area contributed by atoms with Crippen LogP contribution in [0.3, 0.4) is 0 Å². The Kier molecular flexibility index (Phi) is 10.6. The lowest BCUT2D eigenvalue weighted by atomic mass is 9.86. The van der Waals surface area contributed by atoms with Gasteiger partial charge in [-0.15, -0.1) is 0 Å². The van der Waals surface area contributed by atoms with E-state index in [1.54, 1.807) is 58.6 Å². The van der Waals surface area contributed by atoms with Gasteiger partial charge >= 0.3 is 6.09 Å². The molecule has 12 heteroatoms. The highest BCUT2D eigenvalue weighted by molar-refractivity contribution is 6.04. The van der Waals surface area contributed by atoms with Crippen LogP contribution < -0.4 is 19.9 Å². The molecule has 2 heterocycles. The maximum absolute atomic E-state index is 14.6. The molecule has 12 nitrogen and oxygen atoms in total. The van der Waals surface area contributed by atoms with Gasteiger partial charge in [-0.05, 0) is 91.3 Å². The molecule has 4 aliphatic rings. The number of hydrogen-bond donors (Lipinski definition) is 1. The molecule has 0 aromatic heterocycles. The highest BCUT2D eigenvalue weighted by Crippen LogP contribution is 2.43. The van der Waals surface area contributed by atoms with Gasteiger partial charge in [0.15, 0.2) is 5.60 Å². The van der Waals surface area contributed by atoms with Crippen LogP contribution in [0.15, 0.2) is 18.2 Å². The molecule has 1 saturated heterocycles. The van der Waals surface area contributed by atoms with Crippen molar-refractivity contribution in [3.05, 3.63) is 18.2 Å². The summed E-state index contributed by atoms with van der Waals surface area (Å²) in [6, 6.07) is 5.54. The number of carbonyl (C=O) groups is 4. The van der Waals surface area contributed by atoms with Gasteiger partial charge in [-0.3, -0.25) is 14.4 Å². The van der Waals surface area contributed by atoms with Gasteiger partial charge in [0.1, 0.15) is 11.4 Å². The predicted molar refractivity (Wildman–Crippen MR) is 181 cm³/mol. The third-order valence-electron chi connectivity index (χ3n) is 9.71. The van der Waals surface area contributed by atoms with Crippen LogP contribution >= 0.6 is 0 Å². The first-order chi connectivity index (χ1) is 22.7. The molecule has 0 radical (unpaired) electrons. The summed E-state index contributed by atoms with van der Waals surface area (Å²) in [6.07, 6.45) is 5.77. The SMILES string of the molecule is COCCCN1C(=O)C(C)(C)Oc2ccc(N(C(=O)[C@@H]3C[C@H](C(=O)NC4(COC)CCCC4)CN(C(=O)OC(C)(C)C)C3)C3CC3)cc21. The van der Waals surface area contributed by atoms with Gasteiger partial charge in [-0.2, -0.15) is 0 Å². The minimum absolute atomic E-state index is 0.0122. The van der Waals surface area contributed by atoms with Gasteiger partial charge in [-0.1, -0.05) is 12.8 Å².